The third-order valence-corrected chi connectivity index (χ3v) is 9.72. The number of carboxylic acids is 1. The average Bonchev–Trinajstić information content (AvgIpc) is 3.58. The summed E-state index contributed by atoms with van der Waals surface area (Å²) in [5, 5.41) is 32.4. The number of benzene rings is 2. The van der Waals surface area contributed by atoms with E-state index in [-0.39, 0.29) is 17.4 Å². The highest BCUT2D eigenvalue weighted by Gasteiger charge is 2.27. The van der Waals surface area contributed by atoms with Crippen molar-refractivity contribution in [2.75, 3.05) is 61.1 Å². The smallest absolute Gasteiger partial charge is 0.356 e. The summed E-state index contributed by atoms with van der Waals surface area (Å²) >= 11 is 0. The maximum atomic E-state index is 13.1. The zero-order valence-corrected chi connectivity index (χ0v) is 29.0. The number of nitrogens with zero attached hydrogens (tertiary/aromatic N) is 9. The fourth-order valence-corrected chi connectivity index (χ4v) is 6.95. The molecule has 1 fully saturated rings. The highest BCUT2D eigenvalue weighted by molar-refractivity contribution is 5.98. The van der Waals surface area contributed by atoms with Crippen LogP contribution in [-0.4, -0.2) is 88.2 Å². The zero-order valence-electron chi connectivity index (χ0n) is 29.0. The van der Waals surface area contributed by atoms with Crippen molar-refractivity contribution in [1.29, 1.82) is 5.26 Å². The number of fused-ring (bicyclic) bond motifs is 2. The molecule has 14 nitrogen and oxygen atoms in total. The van der Waals surface area contributed by atoms with Crippen molar-refractivity contribution in [2.45, 2.75) is 25.9 Å². The number of carboxylic acid groups (broad SMARTS) is 1. The van der Waals surface area contributed by atoms with Crippen LogP contribution >= 0.6 is 0 Å². The van der Waals surface area contributed by atoms with Crippen molar-refractivity contribution < 1.29 is 19.4 Å². The second-order valence-electron chi connectivity index (χ2n) is 13.0. The third kappa shape index (κ3) is 6.55. The first kappa shape index (κ1) is 33.6. The number of pyridine rings is 1. The van der Waals surface area contributed by atoms with Gasteiger partial charge in [-0.1, -0.05) is 0 Å². The lowest BCUT2D eigenvalue weighted by molar-refractivity contribution is 0.0202. The molecule has 0 saturated carbocycles. The van der Waals surface area contributed by atoms with Crippen molar-refractivity contribution in [3.63, 3.8) is 0 Å². The Morgan fingerprint density at radius 1 is 0.980 bits per heavy atom. The molecular formula is C37H39N9O5. The van der Waals surface area contributed by atoms with Crippen LogP contribution in [0.15, 0.2) is 59.7 Å². The van der Waals surface area contributed by atoms with Gasteiger partial charge in [-0.15, -0.1) is 10.2 Å². The van der Waals surface area contributed by atoms with Crippen LogP contribution in [0.4, 0.5) is 22.9 Å². The second kappa shape index (κ2) is 13.8. The van der Waals surface area contributed by atoms with Gasteiger partial charge in [-0.3, -0.25) is 9.48 Å². The maximum absolute atomic E-state index is 13.1. The molecule has 14 heteroatoms. The van der Waals surface area contributed by atoms with E-state index >= 15 is 0 Å². The van der Waals surface area contributed by atoms with Gasteiger partial charge in [0.25, 0.3) is 5.56 Å². The Bertz CT molecular complexity index is 2220. The number of ether oxygens (including phenoxy) is 2. The Hall–Kier alpha value is -5.94. The van der Waals surface area contributed by atoms with Crippen molar-refractivity contribution in [2.24, 2.45) is 14.1 Å². The Labute approximate surface area is 294 Å². The van der Waals surface area contributed by atoms with Gasteiger partial charge in [0.05, 0.1) is 53.1 Å². The number of carbonyl (C=O) groups is 1. The normalized spacial score (nSPS) is 14.8. The minimum atomic E-state index is -1.10. The van der Waals surface area contributed by atoms with Crippen LogP contribution in [0.2, 0.25) is 0 Å². The molecule has 5 heterocycles. The molecule has 1 N–H and O–H groups in total. The summed E-state index contributed by atoms with van der Waals surface area (Å²) in [6.45, 7) is 5.38. The summed E-state index contributed by atoms with van der Waals surface area (Å²) in [4.78, 5) is 30.7. The van der Waals surface area contributed by atoms with E-state index in [2.05, 4.69) is 49.2 Å². The molecule has 2 aliphatic rings. The fraction of sp³-hybridized carbons (Fsp3) is 0.351. The molecule has 0 spiro atoms. The standard InChI is InChI=1S/C37H39N9O5/c1-23-15-29-31(44(4)36(23)47)17-27(51-14-13-50-26-7-9-45(10-8-26)35-6-5-30(37(48)49)40-41-35)18-32(29)46-12-11-42(2)33-19-28(24(20-38)16-34(33)46)25-21-39-43(3)22-25/h5-6,15-19,21-22,26H,7-14H2,1-4H3,(H,48,49). The molecule has 0 radical (unpaired) electrons. The summed E-state index contributed by atoms with van der Waals surface area (Å²) in [5.74, 6) is 0.169. The van der Waals surface area contributed by atoms with Gasteiger partial charge in [0, 0.05) is 87.7 Å². The second-order valence-corrected chi connectivity index (χ2v) is 13.0. The van der Waals surface area contributed by atoms with Gasteiger partial charge in [0.2, 0.25) is 0 Å². The van der Waals surface area contributed by atoms with Gasteiger partial charge in [0.1, 0.15) is 12.4 Å². The number of hydrogen-bond acceptors (Lipinski definition) is 11. The minimum absolute atomic E-state index is 0.0554. The molecule has 0 amide bonds. The lowest BCUT2D eigenvalue weighted by atomic mass is 9.98. The molecule has 3 aromatic heterocycles. The maximum Gasteiger partial charge on any atom is 0.356 e. The van der Waals surface area contributed by atoms with E-state index < -0.39 is 5.97 Å². The molecule has 7 rings (SSSR count). The Morgan fingerprint density at radius 2 is 1.78 bits per heavy atom. The Balaban J connectivity index is 1.11. The van der Waals surface area contributed by atoms with E-state index in [1.807, 2.05) is 44.4 Å². The van der Waals surface area contributed by atoms with E-state index in [0.717, 1.165) is 71.6 Å². The third-order valence-electron chi connectivity index (χ3n) is 9.72. The molecule has 2 aliphatic heterocycles. The van der Waals surface area contributed by atoms with Crippen molar-refractivity contribution >= 4 is 39.8 Å². The molecular weight excluding hydrogens is 650 g/mol. The van der Waals surface area contributed by atoms with E-state index in [1.165, 1.54) is 6.07 Å². The first-order valence-corrected chi connectivity index (χ1v) is 16.9. The summed E-state index contributed by atoms with van der Waals surface area (Å²) in [5.41, 5.74) is 6.27. The van der Waals surface area contributed by atoms with Gasteiger partial charge >= 0.3 is 5.97 Å². The molecule has 0 bridgehead atoms. The highest BCUT2D eigenvalue weighted by atomic mass is 16.5. The average molecular weight is 690 g/mol. The topological polar surface area (TPSA) is 155 Å². The molecule has 51 heavy (non-hydrogen) atoms. The van der Waals surface area contributed by atoms with Crippen molar-refractivity contribution in [3.05, 3.63) is 82.0 Å². The largest absolute Gasteiger partial charge is 0.491 e. The summed E-state index contributed by atoms with van der Waals surface area (Å²) in [7, 11) is 5.69. The van der Waals surface area contributed by atoms with Gasteiger partial charge in [-0.25, -0.2) is 4.79 Å². The summed E-state index contributed by atoms with van der Waals surface area (Å²) in [6, 6.07) is 15.4. The predicted molar refractivity (Wildman–Crippen MR) is 193 cm³/mol. The summed E-state index contributed by atoms with van der Waals surface area (Å²) < 4.78 is 15.9. The van der Waals surface area contributed by atoms with E-state index in [4.69, 9.17) is 14.6 Å². The van der Waals surface area contributed by atoms with Gasteiger partial charge < -0.3 is 33.8 Å². The van der Waals surface area contributed by atoms with Crippen LogP contribution in [0.5, 0.6) is 5.75 Å². The van der Waals surface area contributed by atoms with E-state index in [0.29, 0.717) is 42.5 Å². The number of rotatable bonds is 9. The van der Waals surface area contributed by atoms with Crippen LogP contribution in [0.1, 0.15) is 34.5 Å². The van der Waals surface area contributed by atoms with Crippen molar-refractivity contribution in [3.8, 4) is 22.9 Å². The first-order chi connectivity index (χ1) is 24.6. The molecule has 0 unspecified atom stereocenters. The number of aromatic nitrogens is 5. The Kier molecular flexibility index (Phi) is 9.05. The van der Waals surface area contributed by atoms with Gasteiger partial charge in [-0.2, -0.15) is 10.4 Å². The molecule has 262 valence electrons. The lowest BCUT2D eigenvalue weighted by Crippen LogP contribution is -2.38. The fourth-order valence-electron chi connectivity index (χ4n) is 6.95. The monoisotopic (exact) mass is 689 g/mol. The van der Waals surface area contributed by atoms with Crippen LogP contribution in [-0.2, 0) is 18.8 Å². The number of anilines is 4. The van der Waals surface area contributed by atoms with Crippen LogP contribution in [0.3, 0.4) is 0 Å². The molecule has 5 aromatic rings. The number of likely N-dealkylation sites (N-methyl/N-ethyl adjacent to an activating group) is 1. The quantitative estimate of drug-likeness (QED) is 0.220. The number of nitriles is 1. The van der Waals surface area contributed by atoms with Gasteiger partial charge in [-0.05, 0) is 50.1 Å². The number of aryl methyl sites for hydroxylation is 3. The first-order valence-electron chi connectivity index (χ1n) is 16.9. The predicted octanol–water partition coefficient (Wildman–Crippen LogP) is 4.26. The molecule has 2 aromatic carbocycles. The lowest BCUT2D eigenvalue weighted by Gasteiger charge is -2.38. The van der Waals surface area contributed by atoms with E-state index in [9.17, 15) is 14.9 Å². The molecule has 1 saturated heterocycles. The minimum Gasteiger partial charge on any atom is -0.491 e. The molecule has 0 aliphatic carbocycles. The Morgan fingerprint density at radius 3 is 2.47 bits per heavy atom. The van der Waals surface area contributed by atoms with Gasteiger partial charge in [0.15, 0.2) is 11.5 Å². The number of hydrogen-bond donors (Lipinski definition) is 1. The van der Waals surface area contributed by atoms with Crippen LogP contribution in [0.25, 0.3) is 22.0 Å². The van der Waals surface area contributed by atoms with Crippen LogP contribution < -0.4 is 25.0 Å². The SMILES string of the molecule is Cc1cc2c(N3CCN(C)c4cc(-c5cnn(C)c5)c(C#N)cc43)cc(OCCOC3CCN(c4ccc(C(=O)O)nn4)CC3)cc2n(C)c1=O. The van der Waals surface area contributed by atoms with Crippen molar-refractivity contribution in [1.82, 2.24) is 24.5 Å². The zero-order chi connectivity index (χ0) is 35.8. The number of aromatic carboxylic acids is 1. The molecule has 0 atom stereocenters. The summed E-state index contributed by atoms with van der Waals surface area (Å²) in [6.07, 6.45) is 5.32. The van der Waals surface area contributed by atoms with Crippen LogP contribution in [0, 0.1) is 18.3 Å². The highest BCUT2D eigenvalue weighted by Crippen LogP contribution is 2.44. The number of piperidine rings is 1. The van der Waals surface area contributed by atoms with E-state index in [1.54, 1.807) is 28.6 Å².